The number of rotatable bonds is 4. The third-order valence-corrected chi connectivity index (χ3v) is 4.30. The van der Waals surface area contributed by atoms with Crippen LogP contribution in [-0.4, -0.2) is 35.2 Å². The maximum Gasteiger partial charge on any atom is 0.313 e. The van der Waals surface area contributed by atoms with Crippen molar-refractivity contribution >= 4 is 17.6 Å². The Morgan fingerprint density at radius 3 is 2.24 bits per heavy atom. The standard InChI is InChI=1S/C16H21NO4/c1-16(2,15(20)21)12-5-3-4-6-13(12)17-9-7-11(8-10-17)14(18)19/h3-6,11H,7-10H2,1-2H3,(H,18,19)(H,20,21). The van der Waals surface area contributed by atoms with Crippen LogP contribution in [0.25, 0.3) is 0 Å². The van der Waals surface area contributed by atoms with Crippen LogP contribution in [0.5, 0.6) is 0 Å². The fraction of sp³-hybridized carbons (Fsp3) is 0.500. The number of carboxylic acid groups (broad SMARTS) is 2. The van der Waals surface area contributed by atoms with E-state index in [-0.39, 0.29) is 5.92 Å². The van der Waals surface area contributed by atoms with Gasteiger partial charge in [0.25, 0.3) is 0 Å². The summed E-state index contributed by atoms with van der Waals surface area (Å²) in [6.07, 6.45) is 1.19. The maximum absolute atomic E-state index is 11.5. The van der Waals surface area contributed by atoms with Crippen LogP contribution in [0.1, 0.15) is 32.3 Å². The normalized spacial score (nSPS) is 16.8. The van der Waals surface area contributed by atoms with Gasteiger partial charge in [0.05, 0.1) is 11.3 Å². The lowest BCUT2D eigenvalue weighted by molar-refractivity contribution is -0.143. The van der Waals surface area contributed by atoms with Gasteiger partial charge in [-0.05, 0) is 38.3 Å². The largest absolute Gasteiger partial charge is 0.481 e. The molecule has 1 saturated heterocycles. The van der Waals surface area contributed by atoms with E-state index in [9.17, 15) is 14.7 Å². The number of benzene rings is 1. The Hall–Kier alpha value is -2.04. The quantitative estimate of drug-likeness (QED) is 0.890. The van der Waals surface area contributed by atoms with Crippen LogP contribution >= 0.6 is 0 Å². The molecular weight excluding hydrogens is 270 g/mol. The van der Waals surface area contributed by atoms with E-state index < -0.39 is 17.4 Å². The van der Waals surface area contributed by atoms with Crippen LogP contribution in [0.15, 0.2) is 24.3 Å². The van der Waals surface area contributed by atoms with E-state index in [1.165, 1.54) is 0 Å². The SMILES string of the molecule is CC(C)(C(=O)O)c1ccccc1N1CCC(C(=O)O)CC1. The number of nitrogens with zero attached hydrogens (tertiary/aromatic N) is 1. The molecule has 1 aliphatic heterocycles. The number of aliphatic carboxylic acids is 2. The van der Waals surface area contributed by atoms with Gasteiger partial charge < -0.3 is 15.1 Å². The minimum Gasteiger partial charge on any atom is -0.481 e. The minimum absolute atomic E-state index is 0.291. The first-order valence-electron chi connectivity index (χ1n) is 7.14. The molecule has 0 atom stereocenters. The smallest absolute Gasteiger partial charge is 0.313 e. The van der Waals surface area contributed by atoms with Crippen molar-refractivity contribution in [3.05, 3.63) is 29.8 Å². The summed E-state index contributed by atoms with van der Waals surface area (Å²) in [5.41, 5.74) is 0.695. The highest BCUT2D eigenvalue weighted by atomic mass is 16.4. The van der Waals surface area contributed by atoms with Crippen molar-refractivity contribution in [1.29, 1.82) is 0 Å². The molecular formula is C16H21NO4. The van der Waals surface area contributed by atoms with Gasteiger partial charge in [0.1, 0.15) is 0 Å². The average molecular weight is 291 g/mol. The van der Waals surface area contributed by atoms with Crippen LogP contribution in [0, 0.1) is 5.92 Å². The highest BCUT2D eigenvalue weighted by molar-refractivity contribution is 5.83. The Morgan fingerprint density at radius 1 is 1.14 bits per heavy atom. The van der Waals surface area contributed by atoms with Gasteiger partial charge in [0.15, 0.2) is 0 Å². The van der Waals surface area contributed by atoms with E-state index >= 15 is 0 Å². The second-order valence-electron chi connectivity index (χ2n) is 6.05. The van der Waals surface area contributed by atoms with Gasteiger partial charge in [-0.3, -0.25) is 9.59 Å². The number of carboxylic acids is 2. The molecule has 2 rings (SSSR count). The molecule has 1 heterocycles. The average Bonchev–Trinajstić information content (AvgIpc) is 2.47. The Morgan fingerprint density at radius 2 is 1.71 bits per heavy atom. The van der Waals surface area contributed by atoms with Gasteiger partial charge in [-0.15, -0.1) is 0 Å². The molecule has 0 aromatic heterocycles. The summed E-state index contributed by atoms with van der Waals surface area (Å²) in [7, 11) is 0. The molecule has 0 saturated carbocycles. The third-order valence-electron chi connectivity index (χ3n) is 4.30. The summed E-state index contributed by atoms with van der Waals surface area (Å²) >= 11 is 0. The summed E-state index contributed by atoms with van der Waals surface area (Å²) in [5.74, 6) is -1.90. The first-order chi connectivity index (χ1) is 9.84. The Kier molecular flexibility index (Phi) is 4.21. The van der Waals surface area contributed by atoms with Crippen molar-refractivity contribution in [2.75, 3.05) is 18.0 Å². The highest BCUT2D eigenvalue weighted by Gasteiger charge is 2.34. The molecule has 5 nitrogen and oxygen atoms in total. The lowest BCUT2D eigenvalue weighted by Crippen LogP contribution is -2.38. The fourth-order valence-electron chi connectivity index (χ4n) is 2.76. The van der Waals surface area contributed by atoms with Crippen molar-refractivity contribution in [3.8, 4) is 0 Å². The van der Waals surface area contributed by atoms with E-state index in [1.54, 1.807) is 13.8 Å². The molecule has 1 aromatic carbocycles. The van der Waals surface area contributed by atoms with Gasteiger partial charge in [0.2, 0.25) is 0 Å². The maximum atomic E-state index is 11.5. The summed E-state index contributed by atoms with van der Waals surface area (Å²) in [6.45, 7) is 4.67. The lowest BCUT2D eigenvalue weighted by Gasteiger charge is -2.35. The van der Waals surface area contributed by atoms with Gasteiger partial charge >= 0.3 is 11.9 Å². The topological polar surface area (TPSA) is 77.8 Å². The van der Waals surface area contributed by atoms with E-state index in [1.807, 2.05) is 24.3 Å². The Balaban J connectivity index is 2.26. The van der Waals surface area contributed by atoms with Crippen LogP contribution in [0.2, 0.25) is 0 Å². The molecule has 0 amide bonds. The number of piperidine rings is 1. The van der Waals surface area contributed by atoms with Gasteiger partial charge in [-0.25, -0.2) is 0 Å². The van der Waals surface area contributed by atoms with Crippen molar-refractivity contribution in [2.24, 2.45) is 5.92 Å². The second-order valence-corrected chi connectivity index (χ2v) is 6.05. The molecule has 0 unspecified atom stereocenters. The van der Waals surface area contributed by atoms with Crippen molar-refractivity contribution in [2.45, 2.75) is 32.1 Å². The van der Waals surface area contributed by atoms with E-state index in [2.05, 4.69) is 4.90 Å². The van der Waals surface area contributed by atoms with Crippen molar-refractivity contribution in [1.82, 2.24) is 0 Å². The fourth-order valence-corrected chi connectivity index (χ4v) is 2.76. The first kappa shape index (κ1) is 15.4. The predicted octanol–water partition coefficient (Wildman–Crippen LogP) is 2.35. The summed E-state index contributed by atoms with van der Waals surface area (Å²) in [6, 6.07) is 7.49. The van der Waals surface area contributed by atoms with Crippen LogP contribution in [-0.2, 0) is 15.0 Å². The highest BCUT2D eigenvalue weighted by Crippen LogP contribution is 2.34. The zero-order valence-electron chi connectivity index (χ0n) is 12.4. The molecule has 0 bridgehead atoms. The molecule has 5 heteroatoms. The summed E-state index contributed by atoms with van der Waals surface area (Å²) in [5, 5.41) is 18.5. The molecule has 0 radical (unpaired) electrons. The van der Waals surface area contributed by atoms with Crippen LogP contribution < -0.4 is 4.90 Å². The number of hydrogen-bond donors (Lipinski definition) is 2. The number of anilines is 1. The summed E-state index contributed by atoms with van der Waals surface area (Å²) in [4.78, 5) is 24.6. The monoisotopic (exact) mass is 291 g/mol. The van der Waals surface area contributed by atoms with Gasteiger partial charge in [-0.2, -0.15) is 0 Å². The van der Waals surface area contributed by atoms with Crippen molar-refractivity contribution in [3.63, 3.8) is 0 Å². The number of para-hydroxylation sites is 1. The zero-order valence-corrected chi connectivity index (χ0v) is 12.4. The number of carbonyl (C=O) groups is 2. The Bertz CT molecular complexity index is 545. The van der Waals surface area contributed by atoms with Gasteiger partial charge in [0, 0.05) is 18.8 Å². The molecule has 1 aliphatic rings. The molecule has 1 aromatic rings. The molecule has 114 valence electrons. The molecule has 2 N–H and O–H groups in total. The van der Waals surface area contributed by atoms with E-state index in [4.69, 9.17) is 5.11 Å². The minimum atomic E-state index is -0.972. The second kappa shape index (κ2) is 5.76. The first-order valence-corrected chi connectivity index (χ1v) is 7.14. The third kappa shape index (κ3) is 3.01. The molecule has 0 aliphatic carbocycles. The number of hydrogen-bond acceptors (Lipinski definition) is 3. The van der Waals surface area contributed by atoms with Crippen molar-refractivity contribution < 1.29 is 19.8 Å². The molecule has 0 spiro atoms. The van der Waals surface area contributed by atoms with Crippen LogP contribution in [0.4, 0.5) is 5.69 Å². The summed E-state index contributed by atoms with van der Waals surface area (Å²) < 4.78 is 0. The Labute approximate surface area is 124 Å². The lowest BCUT2D eigenvalue weighted by atomic mass is 9.83. The molecule has 1 fully saturated rings. The van der Waals surface area contributed by atoms with E-state index in [0.29, 0.717) is 25.9 Å². The van der Waals surface area contributed by atoms with Crippen LogP contribution in [0.3, 0.4) is 0 Å². The predicted molar refractivity (Wildman–Crippen MR) is 79.7 cm³/mol. The molecule has 21 heavy (non-hydrogen) atoms. The van der Waals surface area contributed by atoms with E-state index in [0.717, 1.165) is 11.3 Å². The van der Waals surface area contributed by atoms with Gasteiger partial charge in [-0.1, -0.05) is 18.2 Å². The zero-order chi connectivity index (χ0) is 15.6.